The average molecular weight is 404 g/mol. The SMILES string of the molecule is COc1cccc(C(=O)OCC(=O)Nc2ccc(F)c(Cl)c2)c1OC(F)F. The maximum absolute atomic E-state index is 13.1. The summed E-state index contributed by atoms with van der Waals surface area (Å²) in [6.45, 7) is -3.92. The number of carbonyl (C=O) groups is 2. The van der Waals surface area contributed by atoms with Gasteiger partial charge < -0.3 is 19.5 Å². The van der Waals surface area contributed by atoms with Crippen LogP contribution in [0.15, 0.2) is 36.4 Å². The van der Waals surface area contributed by atoms with Gasteiger partial charge in [0.25, 0.3) is 5.91 Å². The Morgan fingerprint density at radius 2 is 1.96 bits per heavy atom. The van der Waals surface area contributed by atoms with E-state index >= 15 is 0 Å². The van der Waals surface area contributed by atoms with Crippen LogP contribution in [0.1, 0.15) is 10.4 Å². The van der Waals surface area contributed by atoms with Crippen molar-refractivity contribution in [3.8, 4) is 11.5 Å². The van der Waals surface area contributed by atoms with Gasteiger partial charge >= 0.3 is 12.6 Å². The molecule has 27 heavy (non-hydrogen) atoms. The van der Waals surface area contributed by atoms with Gasteiger partial charge in [-0.2, -0.15) is 8.78 Å². The van der Waals surface area contributed by atoms with Crippen LogP contribution < -0.4 is 14.8 Å². The zero-order valence-corrected chi connectivity index (χ0v) is 14.6. The molecule has 0 saturated carbocycles. The van der Waals surface area contributed by atoms with Crippen molar-refractivity contribution in [2.75, 3.05) is 19.0 Å². The molecule has 0 heterocycles. The fourth-order valence-corrected chi connectivity index (χ4v) is 2.21. The number of methoxy groups -OCH3 is 1. The van der Waals surface area contributed by atoms with Crippen LogP contribution >= 0.6 is 11.6 Å². The van der Waals surface area contributed by atoms with Crippen LogP contribution in [0.4, 0.5) is 18.9 Å². The molecular weight excluding hydrogens is 391 g/mol. The lowest BCUT2D eigenvalue weighted by atomic mass is 10.2. The van der Waals surface area contributed by atoms with Gasteiger partial charge in [-0.15, -0.1) is 0 Å². The molecule has 1 N–H and O–H groups in total. The number of nitrogens with one attached hydrogen (secondary N) is 1. The van der Waals surface area contributed by atoms with Crippen LogP contribution in [0.25, 0.3) is 0 Å². The second-order valence-electron chi connectivity index (χ2n) is 4.97. The fourth-order valence-electron chi connectivity index (χ4n) is 2.03. The largest absolute Gasteiger partial charge is 0.493 e. The lowest BCUT2D eigenvalue weighted by Crippen LogP contribution is -2.21. The van der Waals surface area contributed by atoms with E-state index in [4.69, 9.17) is 21.1 Å². The molecule has 0 aliphatic carbocycles. The zero-order valence-electron chi connectivity index (χ0n) is 13.8. The Hall–Kier alpha value is -2.94. The van der Waals surface area contributed by atoms with Gasteiger partial charge in [-0.3, -0.25) is 4.79 Å². The number of hydrogen-bond donors (Lipinski definition) is 1. The maximum atomic E-state index is 13.1. The van der Waals surface area contributed by atoms with Gasteiger partial charge in [-0.1, -0.05) is 17.7 Å². The first kappa shape index (κ1) is 20.4. The van der Waals surface area contributed by atoms with Crippen molar-refractivity contribution in [3.05, 3.63) is 52.8 Å². The predicted octanol–water partition coefficient (Wildman–Crippen LogP) is 3.88. The fraction of sp³-hybridized carbons (Fsp3) is 0.176. The molecule has 0 aromatic heterocycles. The van der Waals surface area contributed by atoms with Crippen molar-refractivity contribution < 1.29 is 37.0 Å². The summed E-state index contributed by atoms with van der Waals surface area (Å²) < 4.78 is 52.2. The van der Waals surface area contributed by atoms with Crippen molar-refractivity contribution in [2.45, 2.75) is 6.61 Å². The summed E-state index contributed by atoms with van der Waals surface area (Å²) in [6, 6.07) is 7.35. The van der Waals surface area contributed by atoms with Gasteiger partial charge in [0.05, 0.1) is 12.1 Å². The molecular formula is C17H13ClF3NO5. The van der Waals surface area contributed by atoms with E-state index < -0.39 is 36.7 Å². The lowest BCUT2D eigenvalue weighted by Gasteiger charge is -2.13. The molecule has 1 amide bonds. The minimum absolute atomic E-state index is 0.102. The first-order chi connectivity index (χ1) is 12.8. The minimum atomic E-state index is -3.20. The normalized spacial score (nSPS) is 10.4. The Morgan fingerprint density at radius 3 is 2.59 bits per heavy atom. The van der Waals surface area contributed by atoms with Gasteiger partial charge in [-0.05, 0) is 30.3 Å². The molecule has 144 valence electrons. The van der Waals surface area contributed by atoms with Crippen molar-refractivity contribution in [2.24, 2.45) is 0 Å². The minimum Gasteiger partial charge on any atom is -0.493 e. The van der Waals surface area contributed by atoms with Crippen LogP contribution in [-0.4, -0.2) is 32.2 Å². The number of ether oxygens (including phenoxy) is 3. The third-order valence-corrected chi connectivity index (χ3v) is 3.45. The van der Waals surface area contributed by atoms with Crippen molar-refractivity contribution in [1.29, 1.82) is 0 Å². The van der Waals surface area contributed by atoms with E-state index in [1.54, 1.807) is 0 Å². The molecule has 0 fully saturated rings. The highest BCUT2D eigenvalue weighted by molar-refractivity contribution is 6.31. The third kappa shape index (κ3) is 5.52. The first-order valence-electron chi connectivity index (χ1n) is 7.35. The number of amides is 1. The number of alkyl halides is 2. The van der Waals surface area contributed by atoms with E-state index in [0.717, 1.165) is 6.07 Å². The number of carbonyl (C=O) groups excluding carboxylic acids is 2. The summed E-state index contributed by atoms with van der Waals surface area (Å²) in [5.41, 5.74) is -0.155. The quantitative estimate of drug-likeness (QED) is 0.710. The van der Waals surface area contributed by atoms with Crippen LogP contribution in [0.5, 0.6) is 11.5 Å². The molecule has 6 nitrogen and oxygen atoms in total. The summed E-state index contributed by atoms with van der Waals surface area (Å²) in [7, 11) is 1.21. The summed E-state index contributed by atoms with van der Waals surface area (Å²) in [6.07, 6.45) is 0. The molecule has 0 saturated heterocycles. The molecule has 0 bridgehead atoms. The number of benzene rings is 2. The van der Waals surface area contributed by atoms with Crippen LogP contribution in [0, 0.1) is 5.82 Å². The monoisotopic (exact) mass is 403 g/mol. The molecule has 0 radical (unpaired) electrons. The smallest absolute Gasteiger partial charge is 0.387 e. The molecule has 2 aromatic rings. The van der Waals surface area contributed by atoms with Gasteiger partial charge in [-0.25, -0.2) is 9.18 Å². The number of halogens is 4. The topological polar surface area (TPSA) is 73.9 Å². The summed E-state index contributed by atoms with van der Waals surface area (Å²) in [5, 5.41) is 2.14. The zero-order chi connectivity index (χ0) is 20.0. The number of hydrogen-bond acceptors (Lipinski definition) is 5. The van der Waals surface area contributed by atoms with Gasteiger partial charge in [0.1, 0.15) is 11.4 Å². The van der Waals surface area contributed by atoms with E-state index in [-0.39, 0.29) is 22.0 Å². The highest BCUT2D eigenvalue weighted by Gasteiger charge is 2.22. The number of rotatable bonds is 7. The lowest BCUT2D eigenvalue weighted by molar-refractivity contribution is -0.119. The molecule has 2 rings (SSSR count). The van der Waals surface area contributed by atoms with Gasteiger partial charge in [0.2, 0.25) is 0 Å². The Bertz CT molecular complexity index is 847. The molecule has 10 heteroatoms. The summed E-state index contributed by atoms with van der Waals surface area (Å²) >= 11 is 5.59. The van der Waals surface area contributed by atoms with Crippen LogP contribution in [0.2, 0.25) is 5.02 Å². The van der Waals surface area contributed by atoms with Crippen LogP contribution in [-0.2, 0) is 9.53 Å². The summed E-state index contributed by atoms with van der Waals surface area (Å²) in [4.78, 5) is 23.9. The van der Waals surface area contributed by atoms with Crippen molar-refractivity contribution in [3.63, 3.8) is 0 Å². The van der Waals surface area contributed by atoms with Crippen LogP contribution in [0.3, 0.4) is 0 Å². The second-order valence-corrected chi connectivity index (χ2v) is 5.38. The highest BCUT2D eigenvalue weighted by Crippen LogP contribution is 2.32. The van der Waals surface area contributed by atoms with Crippen molar-refractivity contribution in [1.82, 2.24) is 0 Å². The Labute approximate surface area is 156 Å². The van der Waals surface area contributed by atoms with E-state index in [1.165, 1.54) is 37.4 Å². The Kier molecular flexibility index (Phi) is 6.89. The second kappa shape index (κ2) is 9.13. The Balaban J connectivity index is 2.04. The van der Waals surface area contributed by atoms with E-state index in [2.05, 4.69) is 10.1 Å². The average Bonchev–Trinajstić information content (AvgIpc) is 2.62. The Morgan fingerprint density at radius 1 is 1.22 bits per heavy atom. The van der Waals surface area contributed by atoms with E-state index in [1.807, 2.05) is 0 Å². The molecule has 0 aliphatic heterocycles. The van der Waals surface area contributed by atoms with Gasteiger partial charge in [0, 0.05) is 5.69 Å². The van der Waals surface area contributed by atoms with Gasteiger partial charge in [0.15, 0.2) is 18.1 Å². The first-order valence-corrected chi connectivity index (χ1v) is 7.73. The van der Waals surface area contributed by atoms with E-state index in [0.29, 0.717) is 0 Å². The maximum Gasteiger partial charge on any atom is 0.387 e. The highest BCUT2D eigenvalue weighted by atomic mass is 35.5. The molecule has 0 atom stereocenters. The number of anilines is 1. The summed E-state index contributed by atoms with van der Waals surface area (Å²) in [5.74, 6) is -3.09. The van der Waals surface area contributed by atoms with E-state index in [9.17, 15) is 22.8 Å². The molecule has 0 spiro atoms. The predicted molar refractivity (Wildman–Crippen MR) is 89.9 cm³/mol. The third-order valence-electron chi connectivity index (χ3n) is 3.16. The molecule has 0 aliphatic rings. The molecule has 0 unspecified atom stereocenters. The molecule has 2 aromatic carbocycles. The standard InChI is InChI=1S/C17H13ClF3NO5/c1-25-13-4-2-3-10(15(13)27-17(20)21)16(24)26-8-14(23)22-9-5-6-12(19)11(18)7-9/h2-7,17H,8H2,1H3,(H,22,23). The number of para-hydroxylation sites is 1. The number of esters is 1. The van der Waals surface area contributed by atoms with Crippen molar-refractivity contribution >= 4 is 29.2 Å².